The number of hydrogen-bond acceptors (Lipinski definition) is 5. The first kappa shape index (κ1) is 12.1. The molecular formula is C11H12N4O3S. The van der Waals surface area contributed by atoms with Crippen LogP contribution in [0.5, 0.6) is 0 Å². The number of carbonyl (C=O) groups is 3. The Hall–Kier alpha value is -1.96. The molecular weight excluding hydrogens is 268 g/mol. The van der Waals surface area contributed by atoms with E-state index in [1.54, 1.807) is 16.6 Å². The summed E-state index contributed by atoms with van der Waals surface area (Å²) >= 11 is 1.30. The molecule has 8 heteroatoms. The van der Waals surface area contributed by atoms with Gasteiger partial charge in [0.05, 0.1) is 11.7 Å². The van der Waals surface area contributed by atoms with E-state index in [1.807, 2.05) is 0 Å². The standard InChI is InChI=1S/C11H12N4O3S/c16-8(7-5-12-6-19-7)15-3-1-11(2-4-15)9(17)13-10(18)14-11/h5-6H,1-4H2,(H2,13,14,17,18). The molecule has 1 spiro atoms. The molecule has 0 unspecified atom stereocenters. The number of nitrogens with zero attached hydrogens (tertiary/aromatic N) is 2. The fraction of sp³-hybridized carbons (Fsp3) is 0.455. The Labute approximate surface area is 113 Å². The molecule has 2 saturated heterocycles. The van der Waals surface area contributed by atoms with E-state index in [1.165, 1.54) is 11.3 Å². The van der Waals surface area contributed by atoms with Gasteiger partial charge in [0.2, 0.25) is 0 Å². The number of piperidine rings is 1. The highest BCUT2D eigenvalue weighted by Crippen LogP contribution is 2.26. The number of nitrogens with one attached hydrogen (secondary N) is 2. The molecule has 4 amide bonds. The monoisotopic (exact) mass is 280 g/mol. The molecule has 0 radical (unpaired) electrons. The SMILES string of the molecule is O=C1NC(=O)C2(CCN(C(=O)c3cncs3)CC2)N1. The molecule has 19 heavy (non-hydrogen) atoms. The average Bonchev–Trinajstić information content (AvgIpc) is 2.99. The number of imide groups is 1. The number of aromatic nitrogens is 1. The number of hydrogen-bond donors (Lipinski definition) is 2. The van der Waals surface area contributed by atoms with Crippen molar-refractivity contribution in [3.05, 3.63) is 16.6 Å². The van der Waals surface area contributed by atoms with Crippen molar-refractivity contribution in [2.45, 2.75) is 18.4 Å². The first-order valence-corrected chi connectivity index (χ1v) is 6.80. The molecule has 1 aromatic heterocycles. The first-order valence-electron chi connectivity index (χ1n) is 5.92. The molecule has 3 heterocycles. The lowest BCUT2D eigenvalue weighted by atomic mass is 9.87. The van der Waals surface area contributed by atoms with Gasteiger partial charge >= 0.3 is 6.03 Å². The second kappa shape index (κ2) is 4.30. The molecule has 0 aromatic carbocycles. The summed E-state index contributed by atoms with van der Waals surface area (Å²) in [6.45, 7) is 0.898. The zero-order valence-electron chi connectivity index (χ0n) is 10.0. The molecule has 100 valence electrons. The number of thiazole rings is 1. The highest BCUT2D eigenvalue weighted by Gasteiger charge is 2.48. The average molecular weight is 280 g/mol. The Morgan fingerprint density at radius 1 is 1.37 bits per heavy atom. The maximum Gasteiger partial charge on any atom is 0.322 e. The lowest BCUT2D eigenvalue weighted by Gasteiger charge is -2.36. The molecule has 0 aliphatic carbocycles. The van der Waals surface area contributed by atoms with Crippen LogP contribution < -0.4 is 10.6 Å². The summed E-state index contributed by atoms with van der Waals surface area (Å²) in [5.41, 5.74) is 0.783. The number of urea groups is 1. The smallest absolute Gasteiger partial charge is 0.322 e. The van der Waals surface area contributed by atoms with Crippen LogP contribution in [0.15, 0.2) is 11.7 Å². The van der Waals surface area contributed by atoms with Crippen molar-refractivity contribution in [3.8, 4) is 0 Å². The number of carbonyl (C=O) groups excluding carboxylic acids is 3. The van der Waals surface area contributed by atoms with Crippen molar-refractivity contribution in [2.24, 2.45) is 0 Å². The zero-order valence-corrected chi connectivity index (χ0v) is 10.8. The molecule has 0 saturated carbocycles. The van der Waals surface area contributed by atoms with Gasteiger partial charge < -0.3 is 10.2 Å². The van der Waals surface area contributed by atoms with Crippen LogP contribution in [0.1, 0.15) is 22.5 Å². The van der Waals surface area contributed by atoms with E-state index < -0.39 is 11.6 Å². The number of amides is 4. The summed E-state index contributed by atoms with van der Waals surface area (Å²) in [6.07, 6.45) is 2.42. The molecule has 3 rings (SSSR count). The van der Waals surface area contributed by atoms with Gasteiger partial charge in [-0.05, 0) is 12.8 Å². The van der Waals surface area contributed by atoms with Gasteiger partial charge in [0, 0.05) is 13.1 Å². The topological polar surface area (TPSA) is 91.4 Å². The van der Waals surface area contributed by atoms with Gasteiger partial charge in [-0.3, -0.25) is 19.9 Å². The lowest BCUT2D eigenvalue weighted by Crippen LogP contribution is -2.55. The van der Waals surface area contributed by atoms with Crippen LogP contribution in [0.4, 0.5) is 4.79 Å². The summed E-state index contributed by atoms with van der Waals surface area (Å²) in [5, 5.41) is 4.91. The normalized spacial score (nSPS) is 21.4. The van der Waals surface area contributed by atoms with Crippen LogP contribution in [-0.2, 0) is 4.79 Å². The fourth-order valence-corrected chi connectivity index (χ4v) is 3.04. The third-order valence-corrected chi connectivity index (χ3v) is 4.32. The molecule has 2 N–H and O–H groups in total. The summed E-state index contributed by atoms with van der Waals surface area (Å²) in [5.74, 6) is -0.357. The van der Waals surface area contributed by atoms with Crippen LogP contribution in [0, 0.1) is 0 Å². The van der Waals surface area contributed by atoms with Crippen LogP contribution in [-0.4, -0.2) is 46.4 Å². The Bertz CT molecular complexity index is 534. The van der Waals surface area contributed by atoms with E-state index in [2.05, 4.69) is 15.6 Å². The van der Waals surface area contributed by atoms with Crippen molar-refractivity contribution >= 4 is 29.2 Å². The minimum absolute atomic E-state index is 0.0675. The second-order valence-electron chi connectivity index (χ2n) is 4.65. The summed E-state index contributed by atoms with van der Waals surface area (Å²) in [6, 6.07) is -0.452. The summed E-state index contributed by atoms with van der Waals surface area (Å²) < 4.78 is 0. The molecule has 2 fully saturated rings. The molecule has 0 atom stereocenters. The van der Waals surface area contributed by atoms with Crippen LogP contribution in [0.25, 0.3) is 0 Å². The number of likely N-dealkylation sites (tertiary alicyclic amines) is 1. The minimum atomic E-state index is -0.832. The highest BCUT2D eigenvalue weighted by atomic mass is 32.1. The lowest BCUT2D eigenvalue weighted by molar-refractivity contribution is -0.125. The van der Waals surface area contributed by atoms with E-state index in [4.69, 9.17) is 0 Å². The molecule has 2 aliphatic rings. The third-order valence-electron chi connectivity index (χ3n) is 3.56. The largest absolute Gasteiger partial charge is 0.338 e. The van der Waals surface area contributed by atoms with Crippen molar-refractivity contribution < 1.29 is 14.4 Å². The van der Waals surface area contributed by atoms with E-state index in [9.17, 15) is 14.4 Å². The predicted octanol–water partition coefficient (Wildman–Crippen LogP) is -0.0427. The van der Waals surface area contributed by atoms with Crippen LogP contribution in [0.3, 0.4) is 0 Å². The minimum Gasteiger partial charge on any atom is -0.338 e. The van der Waals surface area contributed by atoms with E-state index in [0.29, 0.717) is 30.8 Å². The van der Waals surface area contributed by atoms with Gasteiger partial charge in [0.1, 0.15) is 10.4 Å². The summed E-state index contributed by atoms with van der Waals surface area (Å²) in [4.78, 5) is 41.2. The van der Waals surface area contributed by atoms with E-state index in [-0.39, 0.29) is 11.8 Å². The van der Waals surface area contributed by atoms with Crippen LogP contribution in [0.2, 0.25) is 0 Å². The quantitative estimate of drug-likeness (QED) is 0.706. The Morgan fingerprint density at radius 2 is 2.11 bits per heavy atom. The van der Waals surface area contributed by atoms with Crippen molar-refractivity contribution in [1.82, 2.24) is 20.5 Å². The Morgan fingerprint density at radius 3 is 2.63 bits per heavy atom. The van der Waals surface area contributed by atoms with Crippen LogP contribution >= 0.6 is 11.3 Å². The molecule has 7 nitrogen and oxygen atoms in total. The summed E-state index contributed by atoms with van der Waals surface area (Å²) in [7, 11) is 0. The molecule has 1 aromatic rings. The predicted molar refractivity (Wildman–Crippen MR) is 66.7 cm³/mol. The third kappa shape index (κ3) is 1.97. The fourth-order valence-electron chi connectivity index (χ4n) is 2.45. The second-order valence-corrected chi connectivity index (χ2v) is 5.53. The maximum absolute atomic E-state index is 12.1. The Balaban J connectivity index is 1.68. The molecule has 2 aliphatic heterocycles. The molecule has 0 bridgehead atoms. The first-order chi connectivity index (χ1) is 9.11. The van der Waals surface area contributed by atoms with Gasteiger partial charge in [0.25, 0.3) is 11.8 Å². The van der Waals surface area contributed by atoms with E-state index in [0.717, 1.165) is 0 Å². The van der Waals surface area contributed by atoms with Gasteiger partial charge in [0.15, 0.2) is 0 Å². The van der Waals surface area contributed by atoms with Crippen molar-refractivity contribution in [2.75, 3.05) is 13.1 Å². The zero-order chi connectivity index (χ0) is 13.5. The van der Waals surface area contributed by atoms with E-state index >= 15 is 0 Å². The highest BCUT2D eigenvalue weighted by molar-refractivity contribution is 7.11. The van der Waals surface area contributed by atoms with Gasteiger partial charge in [-0.15, -0.1) is 11.3 Å². The van der Waals surface area contributed by atoms with Crippen molar-refractivity contribution in [1.29, 1.82) is 0 Å². The van der Waals surface area contributed by atoms with Crippen molar-refractivity contribution in [3.63, 3.8) is 0 Å². The maximum atomic E-state index is 12.1. The van der Waals surface area contributed by atoms with Gasteiger partial charge in [-0.1, -0.05) is 0 Å². The van der Waals surface area contributed by atoms with Gasteiger partial charge in [-0.25, -0.2) is 4.79 Å². The number of rotatable bonds is 1. The van der Waals surface area contributed by atoms with Gasteiger partial charge in [-0.2, -0.15) is 0 Å². The Kier molecular flexibility index (Phi) is 2.74.